The zero-order valence-corrected chi connectivity index (χ0v) is 8.72. The topological polar surface area (TPSA) is 46.3 Å². The molecule has 3 rings (SSSR count). The lowest BCUT2D eigenvalue weighted by Gasteiger charge is -1.96. The fraction of sp³-hybridized carbons (Fsp3) is 0. The Bertz CT molecular complexity index is 691. The van der Waals surface area contributed by atoms with E-state index in [1.807, 2.05) is 0 Å². The number of aromatic nitrogens is 1. The number of halogens is 1. The summed E-state index contributed by atoms with van der Waals surface area (Å²) in [5.74, 6) is -0.211. The summed E-state index contributed by atoms with van der Waals surface area (Å²) in [5, 5.41) is 13.9. The summed E-state index contributed by atoms with van der Waals surface area (Å²) in [6, 6.07) is 10.9. The quantitative estimate of drug-likeness (QED) is 0.696. The van der Waals surface area contributed by atoms with E-state index in [1.165, 1.54) is 18.2 Å². The van der Waals surface area contributed by atoms with Crippen molar-refractivity contribution in [2.75, 3.05) is 0 Å². The van der Waals surface area contributed by atoms with Gasteiger partial charge >= 0.3 is 0 Å². The standard InChI is InChI=1S/C13H8FNO2/c14-9-3-1-2-8(6-9)13-11-5-4-10(16)7-12(11)17-15-13/h1-7,16H. The van der Waals surface area contributed by atoms with E-state index in [2.05, 4.69) is 5.16 Å². The fourth-order valence-corrected chi connectivity index (χ4v) is 1.77. The normalized spacial score (nSPS) is 10.9. The molecule has 0 fully saturated rings. The average molecular weight is 229 g/mol. The van der Waals surface area contributed by atoms with Crippen LogP contribution in [0.1, 0.15) is 0 Å². The van der Waals surface area contributed by atoms with Gasteiger partial charge in [-0.15, -0.1) is 0 Å². The van der Waals surface area contributed by atoms with E-state index in [9.17, 15) is 9.50 Å². The molecule has 2 aromatic carbocycles. The second-order valence-corrected chi connectivity index (χ2v) is 3.72. The number of benzene rings is 2. The van der Waals surface area contributed by atoms with Crippen molar-refractivity contribution in [3.63, 3.8) is 0 Å². The van der Waals surface area contributed by atoms with Gasteiger partial charge in [-0.1, -0.05) is 17.3 Å². The van der Waals surface area contributed by atoms with Crippen molar-refractivity contribution in [3.05, 3.63) is 48.3 Å². The van der Waals surface area contributed by atoms with Gasteiger partial charge in [0.05, 0.1) is 0 Å². The van der Waals surface area contributed by atoms with Crippen LogP contribution in [0, 0.1) is 5.82 Å². The zero-order chi connectivity index (χ0) is 11.8. The van der Waals surface area contributed by atoms with E-state index in [-0.39, 0.29) is 11.6 Å². The summed E-state index contributed by atoms with van der Waals surface area (Å²) in [7, 11) is 0. The molecule has 1 aromatic heterocycles. The molecule has 0 bridgehead atoms. The van der Waals surface area contributed by atoms with Crippen LogP contribution in [-0.2, 0) is 0 Å². The molecule has 0 radical (unpaired) electrons. The molecular formula is C13H8FNO2. The molecule has 0 atom stereocenters. The van der Waals surface area contributed by atoms with E-state index in [4.69, 9.17) is 4.52 Å². The van der Waals surface area contributed by atoms with E-state index in [1.54, 1.807) is 24.3 Å². The summed E-state index contributed by atoms with van der Waals surface area (Å²) >= 11 is 0. The average Bonchev–Trinajstić information content (AvgIpc) is 2.71. The van der Waals surface area contributed by atoms with Crippen LogP contribution < -0.4 is 0 Å². The molecule has 17 heavy (non-hydrogen) atoms. The van der Waals surface area contributed by atoms with Crippen molar-refractivity contribution in [2.45, 2.75) is 0 Å². The Morgan fingerprint density at radius 3 is 2.82 bits per heavy atom. The van der Waals surface area contributed by atoms with Gasteiger partial charge in [-0.05, 0) is 24.3 Å². The monoisotopic (exact) mass is 229 g/mol. The first-order chi connectivity index (χ1) is 8.24. The summed E-state index contributed by atoms with van der Waals surface area (Å²) in [5.41, 5.74) is 1.69. The molecule has 1 heterocycles. The smallest absolute Gasteiger partial charge is 0.171 e. The SMILES string of the molecule is Oc1ccc2c(-c3cccc(F)c3)noc2c1. The molecule has 0 saturated carbocycles. The number of nitrogens with zero attached hydrogens (tertiary/aromatic N) is 1. The first-order valence-electron chi connectivity index (χ1n) is 5.08. The third kappa shape index (κ3) is 1.63. The predicted molar refractivity (Wildman–Crippen MR) is 61.1 cm³/mol. The highest BCUT2D eigenvalue weighted by atomic mass is 19.1. The van der Waals surface area contributed by atoms with Gasteiger partial charge in [0.25, 0.3) is 0 Å². The largest absolute Gasteiger partial charge is 0.508 e. The maximum Gasteiger partial charge on any atom is 0.171 e. The second kappa shape index (κ2) is 3.59. The summed E-state index contributed by atoms with van der Waals surface area (Å²) in [4.78, 5) is 0. The van der Waals surface area contributed by atoms with E-state index < -0.39 is 0 Å². The summed E-state index contributed by atoms with van der Waals surface area (Å²) in [6.45, 7) is 0. The van der Waals surface area contributed by atoms with Crippen molar-refractivity contribution >= 4 is 11.0 Å². The fourth-order valence-electron chi connectivity index (χ4n) is 1.77. The lowest BCUT2D eigenvalue weighted by molar-refractivity contribution is 0.451. The van der Waals surface area contributed by atoms with Gasteiger partial charge < -0.3 is 9.63 Å². The Hall–Kier alpha value is -2.36. The molecule has 4 heteroatoms. The Balaban J connectivity index is 2.24. The van der Waals surface area contributed by atoms with Crippen molar-refractivity contribution < 1.29 is 14.0 Å². The second-order valence-electron chi connectivity index (χ2n) is 3.72. The van der Waals surface area contributed by atoms with Gasteiger partial charge in [-0.25, -0.2) is 4.39 Å². The number of hydrogen-bond donors (Lipinski definition) is 1. The molecule has 1 N–H and O–H groups in total. The molecule has 0 aliphatic rings. The van der Waals surface area contributed by atoms with Gasteiger partial charge in [0.2, 0.25) is 0 Å². The minimum absolute atomic E-state index is 0.111. The maximum absolute atomic E-state index is 13.1. The Labute approximate surface area is 96.1 Å². The number of phenols is 1. The molecule has 0 aliphatic carbocycles. The van der Waals surface area contributed by atoms with Crippen LogP contribution in [0.4, 0.5) is 4.39 Å². The van der Waals surface area contributed by atoms with Crippen LogP contribution >= 0.6 is 0 Å². The number of phenolic OH excluding ortho intramolecular Hbond substituents is 1. The molecule has 0 unspecified atom stereocenters. The molecule has 0 amide bonds. The Morgan fingerprint density at radius 2 is 2.00 bits per heavy atom. The Morgan fingerprint density at radius 1 is 1.12 bits per heavy atom. The van der Waals surface area contributed by atoms with Crippen LogP contribution in [-0.4, -0.2) is 10.3 Å². The van der Waals surface area contributed by atoms with E-state index >= 15 is 0 Å². The molecule has 84 valence electrons. The van der Waals surface area contributed by atoms with E-state index in [0.29, 0.717) is 16.8 Å². The maximum atomic E-state index is 13.1. The highest BCUT2D eigenvalue weighted by molar-refractivity contribution is 5.92. The number of aromatic hydroxyl groups is 1. The summed E-state index contributed by atoms with van der Waals surface area (Å²) < 4.78 is 18.2. The molecule has 3 aromatic rings. The van der Waals surface area contributed by atoms with Gasteiger partial charge in [0, 0.05) is 17.0 Å². The van der Waals surface area contributed by atoms with E-state index in [0.717, 1.165) is 5.39 Å². The first-order valence-corrected chi connectivity index (χ1v) is 5.08. The predicted octanol–water partition coefficient (Wildman–Crippen LogP) is 3.34. The number of rotatable bonds is 1. The third-order valence-electron chi connectivity index (χ3n) is 2.55. The van der Waals surface area contributed by atoms with Crippen molar-refractivity contribution in [2.24, 2.45) is 0 Å². The van der Waals surface area contributed by atoms with Gasteiger partial charge in [-0.3, -0.25) is 0 Å². The van der Waals surface area contributed by atoms with Crippen molar-refractivity contribution in [1.82, 2.24) is 5.16 Å². The lowest BCUT2D eigenvalue weighted by Crippen LogP contribution is -1.80. The summed E-state index contributed by atoms with van der Waals surface area (Å²) in [6.07, 6.45) is 0. The third-order valence-corrected chi connectivity index (χ3v) is 2.55. The van der Waals surface area contributed by atoms with Crippen LogP contribution in [0.2, 0.25) is 0 Å². The Kier molecular flexibility index (Phi) is 2.08. The minimum Gasteiger partial charge on any atom is -0.508 e. The van der Waals surface area contributed by atoms with Crippen molar-refractivity contribution in [1.29, 1.82) is 0 Å². The van der Waals surface area contributed by atoms with Gasteiger partial charge in [-0.2, -0.15) is 0 Å². The highest BCUT2D eigenvalue weighted by Gasteiger charge is 2.11. The zero-order valence-electron chi connectivity index (χ0n) is 8.72. The minimum atomic E-state index is -0.322. The van der Waals surface area contributed by atoms with Crippen molar-refractivity contribution in [3.8, 4) is 17.0 Å². The first kappa shape index (κ1) is 9.84. The molecule has 0 aliphatic heterocycles. The van der Waals surface area contributed by atoms with Crippen LogP contribution in [0.25, 0.3) is 22.2 Å². The van der Waals surface area contributed by atoms with Gasteiger partial charge in [0.15, 0.2) is 5.58 Å². The van der Waals surface area contributed by atoms with Crippen LogP contribution in [0.5, 0.6) is 5.75 Å². The molecule has 0 saturated heterocycles. The number of hydrogen-bond acceptors (Lipinski definition) is 3. The molecular weight excluding hydrogens is 221 g/mol. The van der Waals surface area contributed by atoms with Gasteiger partial charge in [0.1, 0.15) is 17.3 Å². The van der Waals surface area contributed by atoms with Crippen LogP contribution in [0.3, 0.4) is 0 Å². The number of fused-ring (bicyclic) bond motifs is 1. The molecule has 0 spiro atoms. The van der Waals surface area contributed by atoms with Crippen LogP contribution in [0.15, 0.2) is 47.0 Å². The highest BCUT2D eigenvalue weighted by Crippen LogP contribution is 2.30. The lowest BCUT2D eigenvalue weighted by atomic mass is 10.1. The molecule has 3 nitrogen and oxygen atoms in total.